The zero-order valence-corrected chi connectivity index (χ0v) is 16.5. The monoisotopic (exact) mass is 397 g/mol. The van der Waals surface area contributed by atoms with Gasteiger partial charge in [0.1, 0.15) is 0 Å². The van der Waals surface area contributed by atoms with Crippen LogP contribution >= 0.6 is 0 Å². The zero-order valence-electron chi connectivity index (χ0n) is 16.5. The smallest absolute Gasteiger partial charge is 0.338 e. The minimum absolute atomic E-state index is 0.0895. The molecule has 0 saturated carbocycles. The second-order valence-electron chi connectivity index (χ2n) is 6.44. The summed E-state index contributed by atoms with van der Waals surface area (Å²) in [5.74, 6) is -1.86. The molecule has 0 unspecified atom stereocenters. The van der Waals surface area contributed by atoms with Crippen molar-refractivity contribution in [2.24, 2.45) is 0 Å². The first kappa shape index (κ1) is 21.6. The number of ether oxygens (including phenoxy) is 1. The number of hydrogen-bond acceptors (Lipinski definition) is 5. The van der Waals surface area contributed by atoms with Crippen LogP contribution in [-0.4, -0.2) is 30.3 Å². The van der Waals surface area contributed by atoms with Gasteiger partial charge in [0.15, 0.2) is 6.61 Å². The lowest BCUT2D eigenvalue weighted by molar-refractivity contribution is -0.124. The van der Waals surface area contributed by atoms with E-state index in [4.69, 9.17) is 4.74 Å². The highest BCUT2D eigenvalue weighted by Crippen LogP contribution is 2.20. The van der Waals surface area contributed by atoms with E-state index in [9.17, 15) is 19.2 Å². The van der Waals surface area contributed by atoms with E-state index in [0.717, 1.165) is 11.1 Å². The molecule has 0 heterocycles. The normalized spacial score (nSPS) is 10.0. The summed E-state index contributed by atoms with van der Waals surface area (Å²) in [6.07, 6.45) is 0. The molecule has 8 heteroatoms. The van der Waals surface area contributed by atoms with Gasteiger partial charge in [-0.15, -0.1) is 0 Å². The predicted octanol–water partition coefficient (Wildman–Crippen LogP) is 2.39. The van der Waals surface area contributed by atoms with Crippen LogP contribution < -0.4 is 16.0 Å². The summed E-state index contributed by atoms with van der Waals surface area (Å²) in [7, 11) is 0. The molecule has 8 nitrogen and oxygen atoms in total. The van der Waals surface area contributed by atoms with Crippen molar-refractivity contribution >= 4 is 35.1 Å². The van der Waals surface area contributed by atoms with Crippen LogP contribution in [0.1, 0.15) is 35.3 Å². The SMILES string of the molecule is CC(=O)Nc1cc(NC(C)=O)cc(C(=O)OCC(=O)NCc2ccccc2C)c1. The topological polar surface area (TPSA) is 114 Å². The van der Waals surface area contributed by atoms with Crippen molar-refractivity contribution in [3.8, 4) is 0 Å². The number of carbonyl (C=O) groups excluding carboxylic acids is 4. The van der Waals surface area contributed by atoms with Crippen molar-refractivity contribution in [1.29, 1.82) is 0 Å². The van der Waals surface area contributed by atoms with Crippen LogP contribution in [0, 0.1) is 6.92 Å². The number of hydrogen-bond donors (Lipinski definition) is 3. The quantitative estimate of drug-likeness (QED) is 0.621. The molecule has 3 N–H and O–H groups in total. The molecule has 0 spiro atoms. The summed E-state index contributed by atoms with van der Waals surface area (Å²) in [5.41, 5.74) is 2.74. The van der Waals surface area contributed by atoms with Gasteiger partial charge in [0, 0.05) is 31.8 Å². The lowest BCUT2D eigenvalue weighted by Crippen LogP contribution is -2.28. The first-order valence-corrected chi connectivity index (χ1v) is 8.93. The molecule has 0 fully saturated rings. The average molecular weight is 397 g/mol. The van der Waals surface area contributed by atoms with E-state index in [-0.39, 0.29) is 17.4 Å². The van der Waals surface area contributed by atoms with E-state index in [1.807, 2.05) is 31.2 Å². The van der Waals surface area contributed by atoms with Gasteiger partial charge in [-0.1, -0.05) is 24.3 Å². The summed E-state index contributed by atoms with van der Waals surface area (Å²) < 4.78 is 5.05. The van der Waals surface area contributed by atoms with Gasteiger partial charge < -0.3 is 20.7 Å². The minimum atomic E-state index is -0.755. The Balaban J connectivity index is 1.99. The van der Waals surface area contributed by atoms with E-state index in [1.165, 1.54) is 32.0 Å². The lowest BCUT2D eigenvalue weighted by atomic mass is 10.1. The molecule has 29 heavy (non-hydrogen) atoms. The van der Waals surface area contributed by atoms with Crippen LogP contribution in [0.3, 0.4) is 0 Å². The number of nitrogens with one attached hydrogen (secondary N) is 3. The Morgan fingerprint density at radius 3 is 2.03 bits per heavy atom. The number of anilines is 2. The molecule has 0 aliphatic heterocycles. The van der Waals surface area contributed by atoms with Gasteiger partial charge >= 0.3 is 5.97 Å². The largest absolute Gasteiger partial charge is 0.452 e. The molecule has 0 aromatic heterocycles. The number of esters is 1. The zero-order chi connectivity index (χ0) is 21.4. The molecule has 2 aromatic carbocycles. The Hall–Kier alpha value is -3.68. The first-order chi connectivity index (χ1) is 13.7. The third kappa shape index (κ3) is 7.10. The van der Waals surface area contributed by atoms with E-state index in [0.29, 0.717) is 17.9 Å². The number of rotatable bonds is 7. The molecule has 152 valence electrons. The minimum Gasteiger partial charge on any atom is -0.452 e. The average Bonchev–Trinajstić information content (AvgIpc) is 2.64. The Labute approximate surface area is 168 Å². The van der Waals surface area contributed by atoms with Crippen molar-refractivity contribution < 1.29 is 23.9 Å². The van der Waals surface area contributed by atoms with Crippen LogP contribution in [0.5, 0.6) is 0 Å². The fraction of sp³-hybridized carbons (Fsp3) is 0.238. The standard InChI is InChI=1S/C21H23N3O5/c1-13-6-4-5-7-16(13)11-22-20(27)12-29-21(28)17-8-18(23-14(2)25)10-19(9-17)24-15(3)26/h4-10H,11-12H2,1-3H3,(H,22,27)(H,23,25)(H,24,26). The second-order valence-corrected chi connectivity index (χ2v) is 6.44. The number of benzene rings is 2. The predicted molar refractivity (Wildman–Crippen MR) is 108 cm³/mol. The van der Waals surface area contributed by atoms with Gasteiger partial charge in [0.25, 0.3) is 5.91 Å². The highest BCUT2D eigenvalue weighted by molar-refractivity contribution is 5.98. The molecule has 0 aliphatic rings. The molecule has 0 aliphatic carbocycles. The van der Waals surface area contributed by atoms with Crippen molar-refractivity contribution in [3.05, 3.63) is 59.2 Å². The second kappa shape index (κ2) is 10.0. The van der Waals surface area contributed by atoms with Crippen molar-refractivity contribution in [2.45, 2.75) is 27.3 Å². The van der Waals surface area contributed by atoms with Gasteiger partial charge in [-0.05, 0) is 36.2 Å². The maximum Gasteiger partial charge on any atom is 0.338 e. The van der Waals surface area contributed by atoms with Crippen LogP contribution in [0.15, 0.2) is 42.5 Å². The Morgan fingerprint density at radius 1 is 0.897 bits per heavy atom. The molecule has 0 saturated heterocycles. The third-order valence-corrected chi connectivity index (χ3v) is 3.88. The molecule has 0 bridgehead atoms. The van der Waals surface area contributed by atoms with E-state index in [2.05, 4.69) is 16.0 Å². The number of carbonyl (C=O) groups is 4. The third-order valence-electron chi connectivity index (χ3n) is 3.88. The van der Waals surface area contributed by atoms with E-state index >= 15 is 0 Å². The highest BCUT2D eigenvalue weighted by Gasteiger charge is 2.14. The summed E-state index contributed by atoms with van der Waals surface area (Å²) in [6.45, 7) is 4.46. The highest BCUT2D eigenvalue weighted by atomic mass is 16.5. The Bertz CT molecular complexity index is 905. The van der Waals surface area contributed by atoms with Crippen molar-refractivity contribution in [2.75, 3.05) is 17.2 Å². The summed E-state index contributed by atoms with van der Waals surface area (Å²) in [5, 5.41) is 7.78. The van der Waals surface area contributed by atoms with Gasteiger partial charge in [-0.2, -0.15) is 0 Å². The molecule has 0 atom stereocenters. The summed E-state index contributed by atoms with van der Waals surface area (Å²) in [6, 6.07) is 11.9. The Kier molecular flexibility index (Phi) is 7.47. The lowest BCUT2D eigenvalue weighted by Gasteiger charge is -2.11. The van der Waals surface area contributed by atoms with Gasteiger partial charge in [0.2, 0.25) is 11.8 Å². The van der Waals surface area contributed by atoms with Gasteiger partial charge in [-0.25, -0.2) is 4.79 Å². The molecule has 2 aromatic rings. The van der Waals surface area contributed by atoms with Crippen molar-refractivity contribution in [3.63, 3.8) is 0 Å². The number of aryl methyl sites for hydroxylation is 1. The van der Waals surface area contributed by atoms with Crippen LogP contribution in [-0.2, 0) is 25.7 Å². The van der Waals surface area contributed by atoms with Gasteiger partial charge in [-0.3, -0.25) is 14.4 Å². The summed E-state index contributed by atoms with van der Waals surface area (Å²) >= 11 is 0. The van der Waals surface area contributed by atoms with E-state index < -0.39 is 18.5 Å². The summed E-state index contributed by atoms with van der Waals surface area (Å²) in [4.78, 5) is 46.9. The Morgan fingerprint density at radius 2 is 1.48 bits per heavy atom. The van der Waals surface area contributed by atoms with Crippen LogP contribution in [0.2, 0.25) is 0 Å². The molecular formula is C21H23N3O5. The van der Waals surface area contributed by atoms with E-state index in [1.54, 1.807) is 0 Å². The fourth-order valence-electron chi connectivity index (χ4n) is 2.56. The number of amides is 3. The fourth-order valence-corrected chi connectivity index (χ4v) is 2.56. The maximum absolute atomic E-state index is 12.3. The van der Waals surface area contributed by atoms with Crippen molar-refractivity contribution in [1.82, 2.24) is 5.32 Å². The molecule has 0 radical (unpaired) electrons. The van der Waals surface area contributed by atoms with Gasteiger partial charge in [0.05, 0.1) is 5.56 Å². The maximum atomic E-state index is 12.3. The molecule has 2 rings (SSSR count). The van der Waals surface area contributed by atoms with Crippen LogP contribution in [0.4, 0.5) is 11.4 Å². The van der Waals surface area contributed by atoms with Crippen LogP contribution in [0.25, 0.3) is 0 Å². The first-order valence-electron chi connectivity index (χ1n) is 8.93. The molecular weight excluding hydrogens is 374 g/mol. The molecule has 3 amide bonds.